The lowest BCUT2D eigenvalue weighted by Gasteiger charge is -2.11. The molecule has 0 aliphatic carbocycles. The second-order valence-electron chi connectivity index (χ2n) is 4.36. The van der Waals surface area contributed by atoms with Gasteiger partial charge in [0.1, 0.15) is 5.82 Å². The van der Waals surface area contributed by atoms with Gasteiger partial charge in [0.15, 0.2) is 0 Å². The fraction of sp³-hybridized carbons (Fsp3) is 0.154. The van der Waals surface area contributed by atoms with Crippen LogP contribution in [0.4, 0.5) is 15.8 Å². The predicted octanol–water partition coefficient (Wildman–Crippen LogP) is 2.22. The molecule has 0 aliphatic rings. The highest BCUT2D eigenvalue weighted by molar-refractivity contribution is 7.92. The highest BCUT2D eigenvalue weighted by Crippen LogP contribution is 2.23. The molecule has 0 saturated carbocycles. The molecular weight excluding hydrogens is 281 g/mol. The quantitative estimate of drug-likeness (QED) is 0.850. The molecule has 0 amide bonds. The van der Waals surface area contributed by atoms with Crippen LogP contribution in [0.3, 0.4) is 0 Å². The SMILES string of the molecule is Cc1ncccc1NS(=O)(=O)c1cc(N)c(C)c(F)c1. The van der Waals surface area contributed by atoms with E-state index in [0.717, 1.165) is 6.07 Å². The van der Waals surface area contributed by atoms with Crippen molar-refractivity contribution in [1.29, 1.82) is 0 Å². The minimum Gasteiger partial charge on any atom is -0.398 e. The van der Waals surface area contributed by atoms with Crippen molar-refractivity contribution in [3.63, 3.8) is 0 Å². The number of benzene rings is 1. The van der Waals surface area contributed by atoms with Gasteiger partial charge in [0.2, 0.25) is 0 Å². The van der Waals surface area contributed by atoms with Gasteiger partial charge in [-0.2, -0.15) is 0 Å². The Labute approximate surface area is 116 Å². The van der Waals surface area contributed by atoms with E-state index in [1.165, 1.54) is 13.0 Å². The van der Waals surface area contributed by atoms with Crippen molar-refractivity contribution in [2.75, 3.05) is 10.5 Å². The monoisotopic (exact) mass is 295 g/mol. The molecule has 1 aromatic heterocycles. The topological polar surface area (TPSA) is 85.1 Å². The van der Waals surface area contributed by atoms with Gasteiger partial charge < -0.3 is 5.73 Å². The molecule has 0 saturated heterocycles. The maximum absolute atomic E-state index is 13.6. The molecule has 7 heteroatoms. The summed E-state index contributed by atoms with van der Waals surface area (Å²) in [6.07, 6.45) is 1.55. The number of anilines is 2. The molecule has 0 atom stereocenters. The molecule has 20 heavy (non-hydrogen) atoms. The van der Waals surface area contributed by atoms with Crippen LogP contribution in [-0.4, -0.2) is 13.4 Å². The lowest BCUT2D eigenvalue weighted by Crippen LogP contribution is -2.15. The van der Waals surface area contributed by atoms with Crippen LogP contribution in [0.2, 0.25) is 0 Å². The number of nitrogens with one attached hydrogen (secondary N) is 1. The Kier molecular flexibility index (Phi) is 3.63. The van der Waals surface area contributed by atoms with E-state index in [0.29, 0.717) is 11.4 Å². The first-order valence-corrected chi connectivity index (χ1v) is 7.29. The lowest BCUT2D eigenvalue weighted by atomic mass is 10.2. The van der Waals surface area contributed by atoms with Crippen LogP contribution in [0, 0.1) is 19.7 Å². The number of sulfonamides is 1. The number of nitrogens with zero attached hydrogens (tertiary/aromatic N) is 1. The van der Waals surface area contributed by atoms with Crippen molar-refractivity contribution in [2.45, 2.75) is 18.7 Å². The van der Waals surface area contributed by atoms with Crippen LogP contribution in [0.5, 0.6) is 0 Å². The van der Waals surface area contributed by atoms with Gasteiger partial charge in [-0.3, -0.25) is 9.71 Å². The van der Waals surface area contributed by atoms with E-state index >= 15 is 0 Å². The van der Waals surface area contributed by atoms with Crippen molar-refractivity contribution in [2.24, 2.45) is 0 Å². The largest absolute Gasteiger partial charge is 0.398 e. The summed E-state index contributed by atoms with van der Waals surface area (Å²) in [5, 5.41) is 0. The van der Waals surface area contributed by atoms with Crippen LogP contribution in [0.15, 0.2) is 35.4 Å². The molecule has 2 aromatic rings. The third kappa shape index (κ3) is 2.72. The molecule has 3 N–H and O–H groups in total. The number of aryl methyl sites for hydroxylation is 1. The van der Waals surface area contributed by atoms with E-state index in [1.54, 1.807) is 25.3 Å². The normalized spacial score (nSPS) is 11.3. The van der Waals surface area contributed by atoms with E-state index in [4.69, 9.17) is 5.73 Å². The van der Waals surface area contributed by atoms with Gasteiger partial charge in [0.05, 0.1) is 16.3 Å². The minimum atomic E-state index is -3.91. The second kappa shape index (κ2) is 5.09. The van der Waals surface area contributed by atoms with Gasteiger partial charge in [-0.25, -0.2) is 12.8 Å². The number of hydrogen-bond acceptors (Lipinski definition) is 4. The zero-order valence-electron chi connectivity index (χ0n) is 11.0. The molecule has 0 aliphatic heterocycles. The number of aromatic nitrogens is 1. The van der Waals surface area contributed by atoms with Gasteiger partial charge in [-0.15, -0.1) is 0 Å². The molecular formula is C13H14FN3O2S. The maximum Gasteiger partial charge on any atom is 0.262 e. The van der Waals surface area contributed by atoms with Crippen molar-refractivity contribution in [3.8, 4) is 0 Å². The predicted molar refractivity (Wildman–Crippen MR) is 75.3 cm³/mol. The summed E-state index contributed by atoms with van der Waals surface area (Å²) in [6.45, 7) is 3.15. The van der Waals surface area contributed by atoms with E-state index < -0.39 is 15.8 Å². The molecule has 1 aromatic carbocycles. The van der Waals surface area contributed by atoms with Crippen LogP contribution in [0.1, 0.15) is 11.3 Å². The van der Waals surface area contributed by atoms with E-state index in [1.807, 2.05) is 0 Å². The minimum absolute atomic E-state index is 0.0910. The summed E-state index contributed by atoms with van der Waals surface area (Å²) in [5.74, 6) is -0.659. The number of rotatable bonds is 3. The first-order chi connectivity index (χ1) is 9.31. The van der Waals surface area contributed by atoms with E-state index in [-0.39, 0.29) is 16.1 Å². The Morgan fingerprint density at radius 2 is 2.00 bits per heavy atom. The number of halogens is 1. The summed E-state index contributed by atoms with van der Waals surface area (Å²) in [5.41, 5.74) is 6.78. The molecule has 5 nitrogen and oxygen atoms in total. The summed E-state index contributed by atoms with van der Waals surface area (Å²) < 4.78 is 40.4. The fourth-order valence-corrected chi connectivity index (χ4v) is 2.79. The van der Waals surface area contributed by atoms with Gasteiger partial charge >= 0.3 is 0 Å². The first kappa shape index (κ1) is 14.3. The summed E-state index contributed by atoms with van der Waals surface area (Å²) in [7, 11) is -3.91. The highest BCUT2D eigenvalue weighted by Gasteiger charge is 2.18. The van der Waals surface area contributed by atoms with E-state index in [9.17, 15) is 12.8 Å². The van der Waals surface area contributed by atoms with Crippen LogP contribution >= 0.6 is 0 Å². The Morgan fingerprint density at radius 3 is 2.60 bits per heavy atom. The van der Waals surface area contributed by atoms with E-state index in [2.05, 4.69) is 9.71 Å². The number of pyridine rings is 1. The summed E-state index contributed by atoms with van der Waals surface area (Å²) in [4.78, 5) is 3.76. The molecule has 0 fully saturated rings. The third-order valence-corrected chi connectivity index (χ3v) is 4.26. The Balaban J connectivity index is 2.44. The fourth-order valence-electron chi connectivity index (χ4n) is 1.63. The summed E-state index contributed by atoms with van der Waals surface area (Å²) >= 11 is 0. The summed E-state index contributed by atoms with van der Waals surface area (Å²) in [6, 6.07) is 5.36. The number of nitrogen functional groups attached to an aromatic ring is 1. The zero-order chi connectivity index (χ0) is 14.9. The molecule has 0 unspecified atom stereocenters. The zero-order valence-corrected chi connectivity index (χ0v) is 11.8. The number of nitrogens with two attached hydrogens (primary N) is 1. The third-order valence-electron chi connectivity index (χ3n) is 2.92. The van der Waals surface area contributed by atoms with Crippen molar-refractivity contribution in [3.05, 3.63) is 47.5 Å². The average Bonchev–Trinajstić information content (AvgIpc) is 2.38. The average molecular weight is 295 g/mol. The van der Waals surface area contributed by atoms with Gasteiger partial charge in [0, 0.05) is 17.4 Å². The smallest absolute Gasteiger partial charge is 0.262 e. The molecule has 106 valence electrons. The molecule has 0 bridgehead atoms. The first-order valence-electron chi connectivity index (χ1n) is 5.81. The molecule has 1 heterocycles. The van der Waals surface area contributed by atoms with Gasteiger partial charge in [0.25, 0.3) is 10.0 Å². The van der Waals surface area contributed by atoms with Gasteiger partial charge in [-0.05, 0) is 38.1 Å². The Morgan fingerprint density at radius 1 is 1.30 bits per heavy atom. The lowest BCUT2D eigenvalue weighted by molar-refractivity contribution is 0.593. The maximum atomic E-state index is 13.6. The van der Waals surface area contributed by atoms with Crippen LogP contribution in [-0.2, 0) is 10.0 Å². The number of hydrogen-bond donors (Lipinski definition) is 2. The van der Waals surface area contributed by atoms with Crippen molar-refractivity contribution in [1.82, 2.24) is 4.98 Å². The Hall–Kier alpha value is -2.15. The van der Waals surface area contributed by atoms with Crippen molar-refractivity contribution >= 4 is 21.4 Å². The second-order valence-corrected chi connectivity index (χ2v) is 6.04. The Bertz CT molecular complexity index is 737. The van der Waals surface area contributed by atoms with Crippen LogP contribution in [0.25, 0.3) is 0 Å². The van der Waals surface area contributed by atoms with Crippen LogP contribution < -0.4 is 10.5 Å². The van der Waals surface area contributed by atoms with Gasteiger partial charge in [-0.1, -0.05) is 0 Å². The highest BCUT2D eigenvalue weighted by atomic mass is 32.2. The molecule has 0 spiro atoms. The standard InChI is InChI=1S/C13H14FN3O2S/c1-8-11(14)6-10(7-12(8)15)20(18,19)17-13-4-3-5-16-9(13)2/h3-7,17H,15H2,1-2H3. The van der Waals surface area contributed by atoms with Crippen molar-refractivity contribution < 1.29 is 12.8 Å². The molecule has 2 rings (SSSR count). The molecule has 0 radical (unpaired) electrons.